The van der Waals surface area contributed by atoms with Gasteiger partial charge in [-0.1, -0.05) is 18.6 Å². The molecule has 1 aliphatic carbocycles. The second-order valence-electron chi connectivity index (χ2n) is 8.30. The van der Waals surface area contributed by atoms with Crippen molar-refractivity contribution in [1.82, 2.24) is 21.1 Å². The molecule has 0 spiro atoms. The van der Waals surface area contributed by atoms with E-state index in [-0.39, 0.29) is 24.7 Å². The Kier molecular flexibility index (Phi) is 5.64. The highest BCUT2D eigenvalue weighted by Gasteiger charge is 2.43. The van der Waals surface area contributed by atoms with Crippen LogP contribution in [-0.4, -0.2) is 53.2 Å². The van der Waals surface area contributed by atoms with Crippen molar-refractivity contribution < 1.29 is 18.7 Å². The summed E-state index contributed by atoms with van der Waals surface area (Å²) >= 11 is 0. The molecule has 2 heterocycles. The largest absolute Gasteiger partial charge is 0.379 e. The van der Waals surface area contributed by atoms with Gasteiger partial charge in [0, 0.05) is 43.8 Å². The molecule has 8 heteroatoms. The van der Waals surface area contributed by atoms with Gasteiger partial charge < -0.3 is 15.3 Å². The van der Waals surface area contributed by atoms with Crippen molar-refractivity contribution in [2.24, 2.45) is 5.92 Å². The summed E-state index contributed by atoms with van der Waals surface area (Å²) < 4.78 is 27.4. The molecule has 154 valence electrons. The summed E-state index contributed by atoms with van der Waals surface area (Å²) in [4.78, 5) is 14.3. The number of rotatable bonds is 6. The first kappa shape index (κ1) is 19.7. The predicted octanol–water partition coefficient (Wildman–Crippen LogP) is 1.05. The van der Waals surface area contributed by atoms with E-state index in [1.54, 1.807) is 0 Å². The van der Waals surface area contributed by atoms with Crippen LogP contribution in [0.1, 0.15) is 37.7 Å². The van der Waals surface area contributed by atoms with Crippen molar-refractivity contribution in [1.29, 1.82) is 0 Å². The van der Waals surface area contributed by atoms with E-state index in [0.29, 0.717) is 37.9 Å². The van der Waals surface area contributed by atoms with Crippen LogP contribution in [0.15, 0.2) is 18.2 Å². The summed E-state index contributed by atoms with van der Waals surface area (Å²) in [5, 5.41) is 14.2. The summed E-state index contributed by atoms with van der Waals surface area (Å²) in [6.45, 7) is 1.21. The molecule has 0 bridgehead atoms. The molecule has 0 radical (unpaired) electrons. The summed E-state index contributed by atoms with van der Waals surface area (Å²) in [5.41, 5.74) is 5.25. The van der Waals surface area contributed by atoms with Crippen LogP contribution in [0.4, 0.5) is 8.78 Å². The monoisotopic (exact) mass is 394 g/mol. The van der Waals surface area contributed by atoms with Gasteiger partial charge in [-0.25, -0.2) is 8.78 Å². The molecule has 2 saturated heterocycles. The normalized spacial score (nSPS) is 32.8. The Morgan fingerprint density at radius 1 is 1.25 bits per heavy atom. The zero-order valence-electron chi connectivity index (χ0n) is 15.9. The van der Waals surface area contributed by atoms with E-state index in [9.17, 15) is 18.7 Å². The molecular formula is C20H28F2N4O2. The Bertz CT molecular complexity index is 734. The van der Waals surface area contributed by atoms with Gasteiger partial charge in [-0.05, 0) is 37.7 Å². The lowest BCUT2D eigenvalue weighted by molar-refractivity contribution is -0.157. The number of aliphatic hydroxyl groups is 1. The van der Waals surface area contributed by atoms with Gasteiger partial charge in [0.25, 0.3) is 5.91 Å². The van der Waals surface area contributed by atoms with Gasteiger partial charge in [-0.2, -0.15) is 0 Å². The molecule has 1 aromatic rings. The van der Waals surface area contributed by atoms with Crippen LogP contribution in [0.25, 0.3) is 0 Å². The lowest BCUT2D eigenvalue weighted by Crippen LogP contribution is -2.58. The molecule has 3 aliphatic rings. The third-order valence-corrected chi connectivity index (χ3v) is 6.42. The average Bonchev–Trinajstić information content (AvgIpc) is 3.28. The van der Waals surface area contributed by atoms with Gasteiger partial charge in [0.15, 0.2) is 17.2 Å². The molecule has 4 atom stereocenters. The third kappa shape index (κ3) is 3.78. The van der Waals surface area contributed by atoms with Crippen molar-refractivity contribution in [3.63, 3.8) is 0 Å². The minimum absolute atomic E-state index is 0.0391. The Morgan fingerprint density at radius 2 is 2.11 bits per heavy atom. The van der Waals surface area contributed by atoms with Gasteiger partial charge in [-0.3, -0.25) is 15.6 Å². The van der Waals surface area contributed by atoms with Gasteiger partial charge in [0.1, 0.15) is 0 Å². The molecule has 1 saturated carbocycles. The van der Waals surface area contributed by atoms with Gasteiger partial charge in [-0.15, -0.1) is 0 Å². The number of likely N-dealkylation sites (tertiary alicyclic amines) is 1. The number of nitrogens with zero attached hydrogens (tertiary/aromatic N) is 1. The molecule has 6 nitrogen and oxygen atoms in total. The van der Waals surface area contributed by atoms with Crippen molar-refractivity contribution >= 4 is 5.91 Å². The number of nitrogens with one attached hydrogen (secondary N) is 3. The Morgan fingerprint density at radius 3 is 2.96 bits per heavy atom. The second-order valence-corrected chi connectivity index (χ2v) is 8.30. The number of piperidine rings is 1. The molecule has 0 aromatic heterocycles. The van der Waals surface area contributed by atoms with E-state index < -0.39 is 23.1 Å². The lowest BCUT2D eigenvalue weighted by atomic mass is 9.90. The minimum atomic E-state index is -1.51. The van der Waals surface area contributed by atoms with Crippen LogP contribution in [0.5, 0.6) is 0 Å². The quantitative estimate of drug-likeness (QED) is 0.580. The van der Waals surface area contributed by atoms with Crippen LogP contribution < -0.4 is 16.2 Å². The van der Waals surface area contributed by atoms with Crippen molar-refractivity contribution in [2.45, 2.75) is 56.3 Å². The highest BCUT2D eigenvalue weighted by atomic mass is 19.2. The summed E-state index contributed by atoms with van der Waals surface area (Å²) in [6.07, 6.45) is 4.59. The Balaban J connectivity index is 1.34. The van der Waals surface area contributed by atoms with Crippen molar-refractivity contribution in [2.75, 3.05) is 19.6 Å². The summed E-state index contributed by atoms with van der Waals surface area (Å²) in [7, 11) is 0. The number of carbonyl (C=O) groups is 1. The number of fused-ring (bicyclic) bond motifs is 1. The predicted molar refractivity (Wildman–Crippen MR) is 100 cm³/mol. The first-order chi connectivity index (χ1) is 13.5. The molecule has 3 fully saturated rings. The van der Waals surface area contributed by atoms with Crippen molar-refractivity contribution in [3.05, 3.63) is 35.4 Å². The standard InChI is InChI=1S/C20H28F2N4O2/c21-15-6-1-4-13(18(15)22)11-26-9-3-8-20(28,19(26)27)12-23-10-17-14-5-2-7-16(14)24-25-17/h1,4,6,14,16-17,23-25,28H,2-3,5,7-12H2. The maximum atomic E-state index is 14.0. The molecule has 1 aromatic carbocycles. The van der Waals surface area contributed by atoms with Crippen LogP contribution in [-0.2, 0) is 11.3 Å². The Hall–Kier alpha value is -1.61. The fraction of sp³-hybridized carbons (Fsp3) is 0.650. The molecular weight excluding hydrogens is 366 g/mol. The highest BCUT2D eigenvalue weighted by Crippen LogP contribution is 2.31. The summed E-state index contributed by atoms with van der Waals surface area (Å²) in [5.74, 6) is -1.71. The smallest absolute Gasteiger partial charge is 0.256 e. The van der Waals surface area contributed by atoms with E-state index in [1.165, 1.54) is 36.3 Å². The average molecular weight is 394 g/mol. The third-order valence-electron chi connectivity index (χ3n) is 6.42. The second kappa shape index (κ2) is 8.02. The maximum absolute atomic E-state index is 14.0. The number of hydrogen-bond acceptors (Lipinski definition) is 5. The minimum Gasteiger partial charge on any atom is -0.379 e. The molecule has 4 rings (SSSR count). The first-order valence-corrected chi connectivity index (χ1v) is 10.1. The highest BCUT2D eigenvalue weighted by molar-refractivity contribution is 5.86. The maximum Gasteiger partial charge on any atom is 0.256 e. The van der Waals surface area contributed by atoms with Gasteiger partial charge in [0.2, 0.25) is 0 Å². The topological polar surface area (TPSA) is 76.6 Å². The van der Waals surface area contributed by atoms with Crippen molar-refractivity contribution in [3.8, 4) is 0 Å². The number of benzene rings is 1. The van der Waals surface area contributed by atoms with E-state index in [4.69, 9.17) is 0 Å². The zero-order valence-corrected chi connectivity index (χ0v) is 15.9. The molecule has 4 N–H and O–H groups in total. The van der Waals surface area contributed by atoms with Gasteiger partial charge in [0.05, 0.1) is 0 Å². The molecule has 28 heavy (non-hydrogen) atoms. The molecule has 4 unspecified atom stereocenters. The van der Waals surface area contributed by atoms with Crippen LogP contribution >= 0.6 is 0 Å². The van der Waals surface area contributed by atoms with E-state index in [0.717, 1.165) is 6.07 Å². The van der Waals surface area contributed by atoms with Crippen LogP contribution in [0.3, 0.4) is 0 Å². The van der Waals surface area contributed by atoms with Gasteiger partial charge >= 0.3 is 0 Å². The molecule has 1 amide bonds. The zero-order chi connectivity index (χ0) is 19.7. The van der Waals surface area contributed by atoms with E-state index in [2.05, 4.69) is 16.2 Å². The number of halogens is 2. The number of hydrogen-bond donors (Lipinski definition) is 4. The number of hydrazine groups is 1. The summed E-state index contributed by atoms with van der Waals surface area (Å²) in [6, 6.07) is 4.75. The first-order valence-electron chi connectivity index (χ1n) is 10.1. The lowest BCUT2D eigenvalue weighted by Gasteiger charge is -2.38. The van der Waals surface area contributed by atoms with Crippen LogP contribution in [0, 0.1) is 17.6 Å². The Labute approximate surface area is 163 Å². The fourth-order valence-corrected chi connectivity index (χ4v) is 4.86. The van der Waals surface area contributed by atoms with E-state index >= 15 is 0 Å². The SMILES string of the molecule is O=C1N(Cc2cccc(F)c2F)CCCC1(O)CNCC1NNC2CCCC21. The van der Waals surface area contributed by atoms with E-state index in [1.807, 2.05) is 0 Å². The van der Waals surface area contributed by atoms with Crippen LogP contribution in [0.2, 0.25) is 0 Å². The number of carbonyl (C=O) groups excluding carboxylic acids is 1. The molecule has 2 aliphatic heterocycles. The number of amides is 1. The fourth-order valence-electron chi connectivity index (χ4n) is 4.86.